The third-order valence-corrected chi connectivity index (χ3v) is 7.20. The lowest BCUT2D eigenvalue weighted by atomic mass is 10.2. The van der Waals surface area contributed by atoms with Crippen LogP contribution in [0.5, 0.6) is 0 Å². The second-order valence-electron chi connectivity index (χ2n) is 8.24. The first kappa shape index (κ1) is 24.7. The molecule has 13 heteroatoms. The summed E-state index contributed by atoms with van der Waals surface area (Å²) in [7, 11) is 1.40. The van der Waals surface area contributed by atoms with E-state index < -0.39 is 21.8 Å². The fourth-order valence-electron chi connectivity index (χ4n) is 3.73. The molecule has 0 N–H and O–H groups in total. The van der Waals surface area contributed by atoms with Gasteiger partial charge in [-0.3, -0.25) is 8.99 Å². The number of sulfonamides is 1. The van der Waals surface area contributed by atoms with Gasteiger partial charge in [0.1, 0.15) is 4.90 Å². The molecule has 0 aliphatic heterocycles. The molecular weight excluding hydrogens is 483 g/mol. The minimum atomic E-state index is -4.56. The molecule has 186 valence electrons. The Labute approximate surface area is 200 Å². The van der Waals surface area contributed by atoms with Crippen molar-refractivity contribution < 1.29 is 21.6 Å². The van der Waals surface area contributed by atoms with Crippen molar-refractivity contribution in [2.45, 2.75) is 17.5 Å². The number of pyridine rings is 1. The van der Waals surface area contributed by atoms with Crippen LogP contribution in [0.2, 0.25) is 0 Å². The van der Waals surface area contributed by atoms with E-state index in [9.17, 15) is 21.6 Å². The van der Waals surface area contributed by atoms with Gasteiger partial charge in [-0.25, -0.2) is 18.1 Å². The summed E-state index contributed by atoms with van der Waals surface area (Å²) in [5, 5.41) is 9.01. The predicted molar refractivity (Wildman–Crippen MR) is 125 cm³/mol. The van der Waals surface area contributed by atoms with Gasteiger partial charge in [-0.2, -0.15) is 23.4 Å². The van der Waals surface area contributed by atoms with Gasteiger partial charge in [-0.05, 0) is 45.3 Å². The van der Waals surface area contributed by atoms with Crippen molar-refractivity contribution in [3.05, 3.63) is 60.7 Å². The first-order valence-corrected chi connectivity index (χ1v) is 12.1. The van der Waals surface area contributed by atoms with E-state index in [2.05, 4.69) is 15.2 Å². The van der Waals surface area contributed by atoms with Crippen LogP contribution < -0.4 is 4.31 Å². The summed E-state index contributed by atoms with van der Waals surface area (Å²) >= 11 is 0. The molecule has 0 unspecified atom stereocenters. The van der Waals surface area contributed by atoms with Crippen molar-refractivity contribution in [1.82, 2.24) is 29.4 Å². The van der Waals surface area contributed by atoms with E-state index in [0.29, 0.717) is 24.2 Å². The summed E-state index contributed by atoms with van der Waals surface area (Å²) in [4.78, 5) is 5.70. The molecule has 3 heterocycles. The zero-order valence-electron chi connectivity index (χ0n) is 19.3. The van der Waals surface area contributed by atoms with E-state index in [1.807, 2.05) is 25.1 Å². The predicted octanol–water partition coefficient (Wildman–Crippen LogP) is 3.32. The van der Waals surface area contributed by atoms with Crippen LogP contribution in [0.3, 0.4) is 0 Å². The van der Waals surface area contributed by atoms with Gasteiger partial charge in [-0.1, -0.05) is 12.1 Å². The Morgan fingerprint density at radius 1 is 1.06 bits per heavy atom. The maximum Gasteiger partial charge on any atom is 0.416 e. The highest BCUT2D eigenvalue weighted by molar-refractivity contribution is 7.92. The largest absolute Gasteiger partial charge is 0.416 e. The average Bonchev–Trinajstić information content (AvgIpc) is 3.44. The number of halogens is 3. The minimum Gasteiger partial charge on any atom is -0.309 e. The van der Waals surface area contributed by atoms with Crippen LogP contribution in [0.4, 0.5) is 18.9 Å². The topological polar surface area (TPSA) is 89.2 Å². The Kier molecular flexibility index (Phi) is 6.56. The average molecular weight is 508 g/mol. The lowest BCUT2D eigenvalue weighted by Gasteiger charge is -2.25. The van der Waals surface area contributed by atoms with Gasteiger partial charge < -0.3 is 4.90 Å². The van der Waals surface area contributed by atoms with Crippen molar-refractivity contribution in [2.24, 2.45) is 7.05 Å². The summed E-state index contributed by atoms with van der Waals surface area (Å²) in [6, 6.07) is 6.95. The Bertz CT molecular complexity index is 1440. The van der Waals surface area contributed by atoms with Crippen LogP contribution >= 0.6 is 0 Å². The minimum absolute atomic E-state index is 0.144. The first-order valence-electron chi connectivity index (χ1n) is 10.6. The number of benzene rings is 1. The van der Waals surface area contributed by atoms with Crippen LogP contribution in [0.1, 0.15) is 12.0 Å². The molecule has 3 aromatic heterocycles. The monoisotopic (exact) mass is 507 g/mol. The van der Waals surface area contributed by atoms with Crippen LogP contribution in [0.25, 0.3) is 16.7 Å². The van der Waals surface area contributed by atoms with Crippen LogP contribution in [-0.2, 0) is 23.2 Å². The summed E-state index contributed by atoms with van der Waals surface area (Å²) in [6.45, 7) is 0.832. The molecule has 1 aromatic carbocycles. The highest BCUT2D eigenvalue weighted by atomic mass is 32.2. The molecule has 0 atom stereocenters. The number of hydrogen-bond donors (Lipinski definition) is 0. The summed E-state index contributed by atoms with van der Waals surface area (Å²) in [5.74, 6) is -0.144. The highest BCUT2D eigenvalue weighted by Crippen LogP contribution is 2.32. The van der Waals surface area contributed by atoms with Gasteiger partial charge in [0, 0.05) is 25.2 Å². The molecule has 0 saturated carbocycles. The maximum absolute atomic E-state index is 13.8. The smallest absolute Gasteiger partial charge is 0.309 e. The van der Waals surface area contributed by atoms with Gasteiger partial charge in [-0.15, -0.1) is 0 Å². The Morgan fingerprint density at radius 3 is 2.54 bits per heavy atom. The summed E-state index contributed by atoms with van der Waals surface area (Å²) in [6.07, 6.45) is 0.916. The SMILES string of the molecule is CN(C)CCCN(c1cccc2cnn(C)c12)S(=O)(=O)c1cnn(-c2cc(C(F)(F)F)ccn2)c1. The van der Waals surface area contributed by atoms with E-state index >= 15 is 0 Å². The Morgan fingerprint density at radius 2 is 1.83 bits per heavy atom. The molecule has 0 aliphatic rings. The number of fused-ring (bicyclic) bond motifs is 1. The van der Waals surface area contributed by atoms with E-state index in [4.69, 9.17) is 0 Å². The van der Waals surface area contributed by atoms with Gasteiger partial charge in [0.15, 0.2) is 5.82 Å². The summed E-state index contributed by atoms with van der Waals surface area (Å²) in [5.41, 5.74) is 0.190. The molecule has 0 radical (unpaired) electrons. The standard InChI is InChI=1S/C22H24F3N7O2S/c1-29(2)10-5-11-32(19-7-4-6-16-13-27-30(3)21(16)19)35(33,34)18-14-28-31(15-18)20-12-17(8-9-26-20)22(23,24)25/h4,6-9,12-15H,5,10-11H2,1-3H3. The quantitative estimate of drug-likeness (QED) is 0.364. The van der Waals surface area contributed by atoms with Crippen molar-refractivity contribution in [3.63, 3.8) is 0 Å². The van der Waals surface area contributed by atoms with Crippen LogP contribution in [0, 0.1) is 0 Å². The van der Waals surface area contributed by atoms with Crippen molar-refractivity contribution in [1.29, 1.82) is 0 Å². The molecule has 0 bridgehead atoms. The van der Waals surface area contributed by atoms with E-state index in [0.717, 1.165) is 34.6 Å². The normalized spacial score (nSPS) is 12.5. The second kappa shape index (κ2) is 9.30. The lowest BCUT2D eigenvalue weighted by Crippen LogP contribution is -2.33. The summed E-state index contributed by atoms with van der Waals surface area (Å²) < 4.78 is 70.8. The number of anilines is 1. The van der Waals surface area contributed by atoms with Crippen molar-refractivity contribution in [3.8, 4) is 5.82 Å². The van der Waals surface area contributed by atoms with Crippen LogP contribution in [0.15, 0.2) is 60.0 Å². The zero-order chi connectivity index (χ0) is 25.4. The second-order valence-corrected chi connectivity index (χ2v) is 10.1. The molecule has 0 saturated heterocycles. The fourth-order valence-corrected chi connectivity index (χ4v) is 5.17. The number of alkyl halides is 3. The molecule has 0 spiro atoms. The maximum atomic E-state index is 13.8. The number of rotatable bonds is 8. The molecule has 0 aliphatic carbocycles. The van der Waals surface area contributed by atoms with Crippen molar-refractivity contribution >= 4 is 26.6 Å². The third-order valence-electron chi connectivity index (χ3n) is 5.43. The van der Waals surface area contributed by atoms with Gasteiger partial charge in [0.05, 0.1) is 35.4 Å². The zero-order valence-corrected chi connectivity index (χ0v) is 20.1. The lowest BCUT2D eigenvalue weighted by molar-refractivity contribution is -0.137. The van der Waals surface area contributed by atoms with E-state index in [-0.39, 0.29) is 17.3 Å². The number of hydrogen-bond acceptors (Lipinski definition) is 6. The highest BCUT2D eigenvalue weighted by Gasteiger charge is 2.32. The fraction of sp³-hybridized carbons (Fsp3) is 0.318. The van der Waals surface area contributed by atoms with E-state index in [1.54, 1.807) is 30.1 Å². The molecule has 0 amide bonds. The Balaban J connectivity index is 1.76. The third kappa shape index (κ3) is 5.00. The number of para-hydroxylation sites is 1. The Hall–Kier alpha value is -3.45. The van der Waals surface area contributed by atoms with Gasteiger partial charge >= 0.3 is 6.18 Å². The van der Waals surface area contributed by atoms with Gasteiger partial charge in [0.2, 0.25) is 0 Å². The van der Waals surface area contributed by atoms with Crippen LogP contribution in [-0.4, -0.2) is 65.0 Å². The first-order chi connectivity index (χ1) is 16.5. The molecule has 35 heavy (non-hydrogen) atoms. The molecule has 4 rings (SSSR count). The number of nitrogens with zero attached hydrogens (tertiary/aromatic N) is 7. The number of aromatic nitrogens is 5. The van der Waals surface area contributed by atoms with Crippen molar-refractivity contribution in [2.75, 3.05) is 31.5 Å². The number of aryl methyl sites for hydroxylation is 1. The van der Waals surface area contributed by atoms with Gasteiger partial charge in [0.25, 0.3) is 10.0 Å². The van der Waals surface area contributed by atoms with E-state index in [1.165, 1.54) is 10.5 Å². The molecule has 4 aromatic rings. The molecule has 9 nitrogen and oxygen atoms in total. The molecular formula is C22H24F3N7O2S. The molecule has 0 fully saturated rings.